The second-order valence-electron chi connectivity index (χ2n) is 5.15. The highest BCUT2D eigenvalue weighted by molar-refractivity contribution is 6.47. The highest BCUT2D eigenvalue weighted by atomic mass is 16.5. The van der Waals surface area contributed by atoms with Gasteiger partial charge >= 0.3 is 13.1 Å². The zero-order valence-electron chi connectivity index (χ0n) is 12.8. The molecule has 2 rings (SSSR count). The van der Waals surface area contributed by atoms with Gasteiger partial charge in [-0.25, -0.2) is 4.79 Å². The monoisotopic (exact) mass is 305 g/mol. The van der Waals surface area contributed by atoms with Crippen LogP contribution in [0, 0.1) is 0 Å². The zero-order chi connectivity index (χ0) is 16.1. The smallest absolute Gasteiger partial charge is 0.534 e. The number of rotatable bonds is 5. The van der Waals surface area contributed by atoms with E-state index in [1.807, 2.05) is 13.0 Å². The molecule has 1 atom stereocenters. The molecular weight excluding hydrogens is 285 g/mol. The minimum atomic E-state index is -1.19. The van der Waals surface area contributed by atoms with Crippen LogP contribution in [0.25, 0.3) is 0 Å². The molecule has 1 aliphatic rings. The minimum absolute atomic E-state index is 0.125. The molecule has 1 unspecified atom stereocenters. The van der Waals surface area contributed by atoms with E-state index in [0.29, 0.717) is 18.6 Å². The van der Waals surface area contributed by atoms with Crippen molar-refractivity contribution < 1.29 is 24.0 Å². The van der Waals surface area contributed by atoms with Gasteiger partial charge in [0.25, 0.3) is 0 Å². The fraction of sp³-hybridized carbons (Fsp3) is 0.467. The Morgan fingerprint density at radius 1 is 1.45 bits per heavy atom. The summed E-state index contributed by atoms with van der Waals surface area (Å²) in [5, 5.41) is 12.8. The molecule has 7 heteroatoms. The van der Waals surface area contributed by atoms with Gasteiger partial charge in [-0.2, -0.15) is 0 Å². The summed E-state index contributed by atoms with van der Waals surface area (Å²) in [5.74, 6) is -0.807. The Balaban J connectivity index is 2.18. The van der Waals surface area contributed by atoms with E-state index in [4.69, 9.17) is 9.39 Å². The van der Waals surface area contributed by atoms with Crippen molar-refractivity contribution in [1.29, 1.82) is 0 Å². The third-order valence-corrected chi connectivity index (χ3v) is 3.44. The maximum absolute atomic E-state index is 11.9. The van der Waals surface area contributed by atoms with Gasteiger partial charge in [0.15, 0.2) is 0 Å². The second-order valence-corrected chi connectivity index (χ2v) is 5.15. The van der Waals surface area contributed by atoms with Crippen molar-refractivity contribution in [3.05, 3.63) is 29.3 Å². The van der Waals surface area contributed by atoms with E-state index in [1.165, 1.54) is 0 Å². The highest BCUT2D eigenvalue weighted by Crippen LogP contribution is 2.30. The summed E-state index contributed by atoms with van der Waals surface area (Å²) in [6, 6.07) is 5.14. The number of carbonyl (C=O) groups excluding carboxylic acids is 2. The lowest BCUT2D eigenvalue weighted by atomic mass is 9.72. The van der Waals surface area contributed by atoms with Gasteiger partial charge in [-0.15, -0.1) is 0 Å². The number of ether oxygens (including phenoxy) is 1. The molecule has 0 bridgehead atoms. The van der Waals surface area contributed by atoms with Crippen LogP contribution in [0.1, 0.15) is 42.6 Å². The van der Waals surface area contributed by atoms with Crippen molar-refractivity contribution in [2.75, 3.05) is 6.61 Å². The first-order valence-electron chi connectivity index (χ1n) is 7.49. The summed E-state index contributed by atoms with van der Waals surface area (Å²) in [6.45, 7) is 3.90. The molecule has 22 heavy (non-hydrogen) atoms. The van der Waals surface area contributed by atoms with E-state index < -0.39 is 19.0 Å². The molecule has 0 aliphatic carbocycles. The second kappa shape index (κ2) is 7.31. The van der Waals surface area contributed by atoms with Crippen LogP contribution in [0.2, 0.25) is 0 Å². The molecule has 0 aromatic heterocycles. The number of hydrogen-bond donors (Lipinski definition) is 2. The van der Waals surface area contributed by atoms with Crippen molar-refractivity contribution in [1.82, 2.24) is 5.32 Å². The molecule has 0 radical (unpaired) electrons. The molecule has 1 aliphatic heterocycles. The van der Waals surface area contributed by atoms with Crippen molar-refractivity contribution in [2.24, 2.45) is 0 Å². The lowest BCUT2D eigenvalue weighted by Gasteiger charge is -2.29. The zero-order valence-corrected chi connectivity index (χ0v) is 12.8. The average Bonchev–Trinajstić information content (AvgIpc) is 2.48. The molecule has 2 N–H and O–H groups in total. The summed E-state index contributed by atoms with van der Waals surface area (Å²) < 4.78 is 10.4. The first kappa shape index (κ1) is 16.4. The van der Waals surface area contributed by atoms with Gasteiger partial charge in [0.05, 0.1) is 12.5 Å². The molecule has 6 nitrogen and oxygen atoms in total. The SMILES string of the molecule is CCCC(=O)NC1Cc2cccc(C(=O)OCC)c2OB1O. The Labute approximate surface area is 129 Å². The van der Waals surface area contributed by atoms with E-state index in [1.54, 1.807) is 19.1 Å². The van der Waals surface area contributed by atoms with Crippen LogP contribution in [0.3, 0.4) is 0 Å². The lowest BCUT2D eigenvalue weighted by molar-refractivity contribution is -0.121. The van der Waals surface area contributed by atoms with Crippen molar-refractivity contribution in [2.45, 2.75) is 39.1 Å². The van der Waals surface area contributed by atoms with Crippen molar-refractivity contribution in [3.63, 3.8) is 0 Å². The molecule has 0 fully saturated rings. The number of benzene rings is 1. The minimum Gasteiger partial charge on any atom is -0.534 e. The molecule has 1 amide bonds. The topological polar surface area (TPSA) is 84.9 Å². The lowest BCUT2D eigenvalue weighted by Crippen LogP contribution is -2.53. The van der Waals surface area contributed by atoms with Gasteiger partial charge in [0.2, 0.25) is 5.91 Å². The Hall–Kier alpha value is -2.02. The van der Waals surface area contributed by atoms with E-state index in [-0.39, 0.29) is 18.1 Å². The van der Waals surface area contributed by atoms with Crippen LogP contribution in [0.4, 0.5) is 0 Å². The summed E-state index contributed by atoms with van der Waals surface area (Å²) in [5.41, 5.74) is 1.05. The summed E-state index contributed by atoms with van der Waals surface area (Å²) in [7, 11) is -1.19. The molecule has 1 heterocycles. The van der Waals surface area contributed by atoms with Crippen molar-refractivity contribution >= 4 is 19.0 Å². The van der Waals surface area contributed by atoms with Crippen molar-refractivity contribution in [3.8, 4) is 5.75 Å². The maximum Gasteiger partial charge on any atom is 0.547 e. The number of hydrogen-bond acceptors (Lipinski definition) is 5. The number of para-hydroxylation sites is 1. The molecule has 0 saturated carbocycles. The van der Waals surface area contributed by atoms with Crippen LogP contribution < -0.4 is 9.97 Å². The van der Waals surface area contributed by atoms with E-state index in [2.05, 4.69) is 5.32 Å². The predicted molar refractivity (Wildman–Crippen MR) is 81.5 cm³/mol. The first-order valence-corrected chi connectivity index (χ1v) is 7.49. The highest BCUT2D eigenvalue weighted by Gasteiger charge is 2.37. The van der Waals surface area contributed by atoms with E-state index in [0.717, 1.165) is 12.0 Å². The van der Waals surface area contributed by atoms with Gasteiger partial charge in [0, 0.05) is 6.42 Å². The van der Waals surface area contributed by atoms with Gasteiger partial charge in [-0.05, 0) is 31.4 Å². The molecule has 1 aromatic rings. The van der Waals surface area contributed by atoms with Gasteiger partial charge in [0.1, 0.15) is 11.3 Å². The maximum atomic E-state index is 11.9. The number of carbonyl (C=O) groups is 2. The Morgan fingerprint density at radius 2 is 2.23 bits per heavy atom. The molecular formula is C15H20BNO5. The summed E-state index contributed by atoms with van der Waals surface area (Å²) >= 11 is 0. The molecule has 1 aromatic carbocycles. The third-order valence-electron chi connectivity index (χ3n) is 3.44. The van der Waals surface area contributed by atoms with Crippen LogP contribution in [0.5, 0.6) is 5.75 Å². The quantitative estimate of drug-likeness (QED) is 0.628. The number of amides is 1. The van der Waals surface area contributed by atoms with E-state index in [9.17, 15) is 14.6 Å². The summed E-state index contributed by atoms with van der Waals surface area (Å²) in [4.78, 5) is 23.6. The number of fused-ring (bicyclic) bond motifs is 1. The molecule has 118 valence electrons. The fourth-order valence-corrected chi connectivity index (χ4v) is 2.42. The fourth-order valence-electron chi connectivity index (χ4n) is 2.42. The van der Waals surface area contributed by atoms with Gasteiger partial charge < -0.3 is 19.7 Å². The third kappa shape index (κ3) is 3.60. The Morgan fingerprint density at radius 3 is 2.91 bits per heavy atom. The predicted octanol–water partition coefficient (Wildman–Crippen LogP) is 1.10. The van der Waals surface area contributed by atoms with Crippen LogP contribution in [-0.2, 0) is 16.0 Å². The van der Waals surface area contributed by atoms with E-state index >= 15 is 0 Å². The Bertz CT molecular complexity index is 563. The van der Waals surface area contributed by atoms with Crippen LogP contribution in [0.15, 0.2) is 18.2 Å². The van der Waals surface area contributed by atoms with Crippen LogP contribution in [-0.4, -0.2) is 36.6 Å². The first-order chi connectivity index (χ1) is 10.6. The summed E-state index contributed by atoms with van der Waals surface area (Å²) in [6.07, 6.45) is 1.54. The average molecular weight is 305 g/mol. The Kier molecular flexibility index (Phi) is 5.43. The normalized spacial score (nSPS) is 16.5. The molecule has 0 saturated heterocycles. The van der Waals surface area contributed by atoms with Crippen LogP contribution >= 0.6 is 0 Å². The number of nitrogens with one attached hydrogen (secondary N) is 1. The largest absolute Gasteiger partial charge is 0.547 e. The standard InChI is InChI=1S/C15H20BNO5/c1-3-6-13(18)17-12-9-10-7-5-8-11(15(19)21-4-2)14(10)22-16(12)20/h5,7-8,12,20H,3-4,6,9H2,1-2H3,(H,17,18). The van der Waals surface area contributed by atoms with Gasteiger partial charge in [-0.3, -0.25) is 4.79 Å². The van der Waals surface area contributed by atoms with Gasteiger partial charge in [-0.1, -0.05) is 19.1 Å². The number of esters is 1. The molecule has 0 spiro atoms.